The fourth-order valence-electron chi connectivity index (χ4n) is 2.17. The van der Waals surface area contributed by atoms with Gasteiger partial charge in [-0.25, -0.2) is 16.8 Å². The summed E-state index contributed by atoms with van der Waals surface area (Å²) in [5, 5.41) is 3.00. The molecule has 1 aromatic carbocycles. The molecule has 0 aromatic heterocycles. The van der Waals surface area contributed by atoms with Crippen LogP contribution in [-0.2, 0) is 19.7 Å². The van der Waals surface area contributed by atoms with Crippen LogP contribution in [0.25, 0.3) is 0 Å². The van der Waals surface area contributed by atoms with Gasteiger partial charge in [0, 0.05) is 12.3 Å². The molecule has 120 valence electrons. The molecule has 0 fully saturated rings. The van der Waals surface area contributed by atoms with Crippen molar-refractivity contribution in [2.45, 2.75) is 19.9 Å². The van der Waals surface area contributed by atoms with Crippen LogP contribution in [-0.4, -0.2) is 47.4 Å². The third-order valence-electron chi connectivity index (χ3n) is 3.18. The van der Waals surface area contributed by atoms with E-state index in [1.807, 2.05) is 32.0 Å². The maximum atomic E-state index is 12.1. The standard InChI is InChI=1S/C14H23NO4S2/c1-11-7-12(2)9-13(8-11)14(15-3)10-21(18,19)6-5-20(4,16)17/h7-9,14-15H,5-6,10H2,1-4H3. The van der Waals surface area contributed by atoms with E-state index >= 15 is 0 Å². The molecule has 1 rings (SSSR count). The van der Waals surface area contributed by atoms with E-state index in [1.54, 1.807) is 7.05 Å². The van der Waals surface area contributed by atoms with Gasteiger partial charge in [-0.1, -0.05) is 29.3 Å². The van der Waals surface area contributed by atoms with Gasteiger partial charge in [-0.3, -0.25) is 0 Å². The van der Waals surface area contributed by atoms with Gasteiger partial charge in [0.2, 0.25) is 0 Å². The molecule has 1 aromatic rings. The molecular formula is C14H23NO4S2. The Labute approximate surface area is 127 Å². The van der Waals surface area contributed by atoms with Crippen LogP contribution < -0.4 is 5.32 Å². The van der Waals surface area contributed by atoms with E-state index in [4.69, 9.17) is 0 Å². The summed E-state index contributed by atoms with van der Waals surface area (Å²) >= 11 is 0. The smallest absolute Gasteiger partial charge is 0.153 e. The van der Waals surface area contributed by atoms with Gasteiger partial charge in [-0.2, -0.15) is 0 Å². The molecule has 1 N–H and O–H groups in total. The van der Waals surface area contributed by atoms with Gasteiger partial charge in [0.1, 0.15) is 9.84 Å². The predicted molar refractivity (Wildman–Crippen MR) is 86.1 cm³/mol. The maximum absolute atomic E-state index is 12.1. The zero-order valence-corrected chi connectivity index (χ0v) is 14.5. The van der Waals surface area contributed by atoms with Crippen molar-refractivity contribution in [3.05, 3.63) is 34.9 Å². The van der Waals surface area contributed by atoms with E-state index in [0.717, 1.165) is 22.9 Å². The number of hydrogen-bond donors (Lipinski definition) is 1. The first-order valence-electron chi connectivity index (χ1n) is 6.66. The van der Waals surface area contributed by atoms with E-state index in [1.165, 1.54) is 0 Å². The number of sulfone groups is 2. The van der Waals surface area contributed by atoms with E-state index in [0.29, 0.717) is 0 Å². The van der Waals surface area contributed by atoms with E-state index in [2.05, 4.69) is 5.32 Å². The van der Waals surface area contributed by atoms with Gasteiger partial charge in [-0.15, -0.1) is 0 Å². The van der Waals surface area contributed by atoms with Crippen LogP contribution >= 0.6 is 0 Å². The van der Waals surface area contributed by atoms with Gasteiger partial charge in [-0.05, 0) is 26.5 Å². The summed E-state index contributed by atoms with van der Waals surface area (Å²) < 4.78 is 46.4. The fraction of sp³-hybridized carbons (Fsp3) is 0.571. The summed E-state index contributed by atoms with van der Waals surface area (Å²) in [4.78, 5) is 0. The van der Waals surface area contributed by atoms with Crippen molar-refractivity contribution < 1.29 is 16.8 Å². The summed E-state index contributed by atoms with van der Waals surface area (Å²) in [6, 6.07) is 5.57. The minimum atomic E-state index is -3.44. The maximum Gasteiger partial charge on any atom is 0.153 e. The first-order valence-corrected chi connectivity index (χ1v) is 10.5. The Hall–Kier alpha value is -0.920. The minimum Gasteiger partial charge on any atom is -0.312 e. The van der Waals surface area contributed by atoms with Crippen LogP contribution in [0.4, 0.5) is 0 Å². The van der Waals surface area contributed by atoms with Crippen molar-refractivity contribution in [1.82, 2.24) is 5.32 Å². The highest BCUT2D eigenvalue weighted by Crippen LogP contribution is 2.19. The second-order valence-electron chi connectivity index (χ2n) is 5.51. The van der Waals surface area contributed by atoms with Crippen LogP contribution in [0.5, 0.6) is 0 Å². The van der Waals surface area contributed by atoms with Gasteiger partial charge in [0.15, 0.2) is 9.84 Å². The van der Waals surface area contributed by atoms with Gasteiger partial charge in [0.25, 0.3) is 0 Å². The number of rotatable bonds is 7. The van der Waals surface area contributed by atoms with Crippen molar-refractivity contribution >= 4 is 19.7 Å². The Morgan fingerprint density at radius 3 is 1.95 bits per heavy atom. The van der Waals surface area contributed by atoms with Crippen molar-refractivity contribution in [3.63, 3.8) is 0 Å². The summed E-state index contributed by atoms with van der Waals surface area (Å²) in [7, 11) is -5.02. The Kier molecular flexibility index (Phi) is 5.95. The normalized spacial score (nSPS) is 14.1. The summed E-state index contributed by atoms with van der Waals surface area (Å²) in [6.45, 7) is 3.92. The number of aryl methyl sites for hydroxylation is 2. The van der Waals surface area contributed by atoms with Gasteiger partial charge in [0.05, 0.1) is 17.3 Å². The zero-order valence-electron chi connectivity index (χ0n) is 12.9. The second-order valence-corrected chi connectivity index (χ2v) is 10.00. The largest absolute Gasteiger partial charge is 0.312 e. The Morgan fingerprint density at radius 1 is 1.00 bits per heavy atom. The van der Waals surface area contributed by atoms with Crippen molar-refractivity contribution in [3.8, 4) is 0 Å². The highest BCUT2D eigenvalue weighted by atomic mass is 32.2. The molecule has 0 aliphatic rings. The third-order valence-corrected chi connectivity index (χ3v) is 6.05. The minimum absolute atomic E-state index is 0.109. The molecule has 0 amide bonds. The topological polar surface area (TPSA) is 80.3 Å². The quantitative estimate of drug-likeness (QED) is 0.806. The van der Waals surface area contributed by atoms with Crippen LogP contribution in [0.1, 0.15) is 22.7 Å². The SMILES string of the molecule is CNC(CS(=O)(=O)CCS(C)(=O)=O)c1cc(C)cc(C)c1. The molecule has 21 heavy (non-hydrogen) atoms. The van der Waals surface area contributed by atoms with Crippen LogP contribution in [0.15, 0.2) is 18.2 Å². The van der Waals surface area contributed by atoms with Crippen molar-refractivity contribution in [2.75, 3.05) is 30.6 Å². The molecule has 0 radical (unpaired) electrons. The fourth-order valence-corrected chi connectivity index (χ4v) is 5.43. The zero-order chi connectivity index (χ0) is 16.3. The average Bonchev–Trinajstić information content (AvgIpc) is 2.32. The highest BCUT2D eigenvalue weighted by molar-refractivity contribution is 7.94. The summed E-state index contributed by atoms with van der Waals surface area (Å²) in [5.41, 5.74) is 3.04. The van der Waals surface area contributed by atoms with Crippen molar-refractivity contribution in [2.24, 2.45) is 0 Å². The molecule has 1 atom stereocenters. The molecule has 1 unspecified atom stereocenters. The molecule has 7 heteroatoms. The number of benzene rings is 1. The molecule has 0 aliphatic carbocycles. The van der Waals surface area contributed by atoms with Gasteiger partial charge < -0.3 is 5.32 Å². The molecule has 0 heterocycles. The first-order chi connectivity index (χ1) is 9.52. The molecule has 0 aliphatic heterocycles. The highest BCUT2D eigenvalue weighted by Gasteiger charge is 2.21. The molecule has 0 spiro atoms. The Morgan fingerprint density at radius 2 is 1.52 bits per heavy atom. The second kappa shape index (κ2) is 6.89. The molecule has 0 saturated heterocycles. The van der Waals surface area contributed by atoms with Crippen LogP contribution in [0, 0.1) is 13.8 Å². The molecular weight excluding hydrogens is 310 g/mol. The summed E-state index contributed by atoms with van der Waals surface area (Å²) in [6.07, 6.45) is 1.04. The lowest BCUT2D eigenvalue weighted by Gasteiger charge is -2.18. The predicted octanol–water partition coefficient (Wildman–Crippen LogP) is 1.02. The lowest BCUT2D eigenvalue weighted by Crippen LogP contribution is -2.28. The van der Waals surface area contributed by atoms with E-state index in [9.17, 15) is 16.8 Å². The Balaban J connectivity index is 2.91. The number of nitrogens with one attached hydrogen (secondary N) is 1. The first kappa shape index (κ1) is 18.1. The third kappa shape index (κ3) is 6.58. The molecule has 5 nitrogen and oxygen atoms in total. The lowest BCUT2D eigenvalue weighted by atomic mass is 10.0. The average molecular weight is 333 g/mol. The monoisotopic (exact) mass is 333 g/mol. The van der Waals surface area contributed by atoms with Crippen LogP contribution in [0.3, 0.4) is 0 Å². The van der Waals surface area contributed by atoms with Crippen molar-refractivity contribution in [1.29, 1.82) is 0 Å². The number of hydrogen-bond acceptors (Lipinski definition) is 5. The van der Waals surface area contributed by atoms with E-state index in [-0.39, 0.29) is 23.3 Å². The Bertz CT molecular complexity index is 673. The molecule has 0 bridgehead atoms. The van der Waals surface area contributed by atoms with Crippen LogP contribution in [0.2, 0.25) is 0 Å². The van der Waals surface area contributed by atoms with E-state index < -0.39 is 19.7 Å². The summed E-state index contributed by atoms with van der Waals surface area (Å²) in [5.74, 6) is -0.782. The lowest BCUT2D eigenvalue weighted by molar-refractivity contribution is 0.572. The molecule has 0 saturated carbocycles. The van der Waals surface area contributed by atoms with Gasteiger partial charge >= 0.3 is 0 Å².